The molecule has 0 bridgehead atoms. The van der Waals surface area contributed by atoms with E-state index in [9.17, 15) is 4.39 Å². The molecule has 0 saturated heterocycles. The van der Waals surface area contributed by atoms with Gasteiger partial charge >= 0.3 is 0 Å². The molecule has 1 heterocycles. The highest BCUT2D eigenvalue weighted by Crippen LogP contribution is 2.24. The molecule has 6 heteroatoms. The maximum atomic E-state index is 14.0. The maximum absolute atomic E-state index is 14.0. The number of benzene rings is 1. The molecule has 0 fully saturated rings. The lowest BCUT2D eigenvalue weighted by molar-refractivity contribution is 0.473. The third-order valence-corrected chi connectivity index (χ3v) is 4.69. The molecule has 0 atom stereocenters. The zero-order chi connectivity index (χ0) is 17.6. The Kier molecular flexibility index (Phi) is 6.31. The monoisotopic (exact) mass is 348 g/mol. The zero-order valence-electron chi connectivity index (χ0n) is 14.7. The van der Waals surface area contributed by atoms with Gasteiger partial charge in [-0.15, -0.1) is 11.3 Å². The van der Waals surface area contributed by atoms with Gasteiger partial charge in [0.05, 0.1) is 10.7 Å². The van der Waals surface area contributed by atoms with E-state index in [1.54, 1.807) is 24.5 Å². The molecule has 0 saturated carbocycles. The summed E-state index contributed by atoms with van der Waals surface area (Å²) in [6.07, 6.45) is 0.849. The number of aliphatic imine (C=N–C) groups is 1. The molecule has 130 valence electrons. The molecule has 0 aliphatic carbocycles. The van der Waals surface area contributed by atoms with Gasteiger partial charge < -0.3 is 10.6 Å². The lowest BCUT2D eigenvalue weighted by Gasteiger charge is -2.27. The first kappa shape index (κ1) is 18.4. The Morgan fingerprint density at radius 2 is 2.04 bits per heavy atom. The van der Waals surface area contributed by atoms with E-state index in [-0.39, 0.29) is 11.2 Å². The van der Waals surface area contributed by atoms with Crippen LogP contribution in [-0.4, -0.2) is 31.1 Å². The quantitative estimate of drug-likeness (QED) is 0.622. The topological polar surface area (TPSA) is 49.3 Å². The summed E-state index contributed by atoms with van der Waals surface area (Å²) in [6, 6.07) is 6.91. The van der Waals surface area contributed by atoms with Crippen molar-refractivity contribution in [2.24, 2.45) is 4.99 Å². The summed E-state index contributed by atoms with van der Waals surface area (Å²) in [6.45, 7) is 7.38. The Labute approximate surface area is 147 Å². The molecular weight excluding hydrogens is 323 g/mol. The minimum absolute atomic E-state index is 0.175. The minimum atomic E-state index is -0.338. The van der Waals surface area contributed by atoms with Gasteiger partial charge in [-0.05, 0) is 18.6 Å². The van der Waals surface area contributed by atoms with Crippen molar-refractivity contribution in [1.82, 2.24) is 15.6 Å². The van der Waals surface area contributed by atoms with Crippen LogP contribution in [0.25, 0.3) is 0 Å². The van der Waals surface area contributed by atoms with Crippen molar-refractivity contribution in [3.05, 3.63) is 51.7 Å². The number of halogens is 1. The number of aromatic nitrogens is 1. The Bertz CT molecular complexity index is 694. The molecule has 2 aromatic rings. The van der Waals surface area contributed by atoms with Crippen LogP contribution < -0.4 is 10.6 Å². The van der Waals surface area contributed by atoms with Crippen molar-refractivity contribution >= 4 is 17.3 Å². The highest BCUT2D eigenvalue weighted by Gasteiger charge is 2.24. The molecule has 0 aliphatic rings. The largest absolute Gasteiger partial charge is 0.356 e. The number of rotatable bonds is 6. The van der Waals surface area contributed by atoms with Crippen molar-refractivity contribution in [2.45, 2.75) is 32.6 Å². The van der Waals surface area contributed by atoms with Gasteiger partial charge in [0.15, 0.2) is 5.96 Å². The van der Waals surface area contributed by atoms with Gasteiger partial charge in [-0.1, -0.05) is 32.0 Å². The maximum Gasteiger partial charge on any atom is 0.191 e. The molecular formula is C18H25FN4S. The molecule has 0 unspecified atom stereocenters. The van der Waals surface area contributed by atoms with Crippen LogP contribution >= 0.6 is 11.3 Å². The average Bonchev–Trinajstić information content (AvgIpc) is 2.96. The molecule has 0 radical (unpaired) electrons. The number of aryl methyl sites for hydroxylation is 1. The lowest BCUT2D eigenvalue weighted by Crippen LogP contribution is -2.44. The van der Waals surface area contributed by atoms with E-state index in [1.165, 1.54) is 6.07 Å². The van der Waals surface area contributed by atoms with E-state index >= 15 is 0 Å². The predicted octanol–water partition coefficient (Wildman–Crippen LogP) is 3.28. The fourth-order valence-electron chi connectivity index (χ4n) is 2.46. The van der Waals surface area contributed by atoms with Crippen LogP contribution in [0, 0.1) is 12.7 Å². The molecule has 1 aromatic carbocycles. The highest BCUT2D eigenvalue weighted by atomic mass is 32.1. The Balaban J connectivity index is 1.85. The number of hydrogen-bond donors (Lipinski definition) is 2. The number of nitrogens with one attached hydrogen (secondary N) is 2. The van der Waals surface area contributed by atoms with E-state index in [0.717, 1.165) is 23.7 Å². The number of nitrogens with zero attached hydrogens (tertiary/aromatic N) is 2. The summed E-state index contributed by atoms with van der Waals surface area (Å²) >= 11 is 1.66. The van der Waals surface area contributed by atoms with Crippen LogP contribution in [0.1, 0.15) is 30.1 Å². The molecule has 2 N–H and O–H groups in total. The van der Waals surface area contributed by atoms with E-state index < -0.39 is 0 Å². The molecule has 24 heavy (non-hydrogen) atoms. The standard InChI is InChI=1S/C18H25FN4S/c1-13-23-14(11-24-13)9-10-21-17(20-4)22-12-18(2,3)15-7-5-6-8-16(15)19/h5-8,11H,9-10,12H2,1-4H3,(H2,20,21,22). The smallest absolute Gasteiger partial charge is 0.191 e. The second-order valence-corrected chi connectivity index (χ2v) is 7.39. The fraction of sp³-hybridized carbons (Fsp3) is 0.444. The van der Waals surface area contributed by atoms with E-state index in [2.05, 4.69) is 26.0 Å². The second kappa shape index (κ2) is 8.24. The number of guanidine groups is 1. The second-order valence-electron chi connectivity index (χ2n) is 6.32. The Morgan fingerprint density at radius 3 is 2.67 bits per heavy atom. The molecule has 0 amide bonds. The van der Waals surface area contributed by atoms with Gasteiger partial charge in [-0.25, -0.2) is 9.37 Å². The van der Waals surface area contributed by atoms with Crippen LogP contribution in [0.4, 0.5) is 4.39 Å². The SMILES string of the molecule is CN=C(NCCc1csc(C)n1)NCC(C)(C)c1ccccc1F. The molecule has 2 rings (SSSR count). The molecule has 1 aromatic heterocycles. The number of hydrogen-bond acceptors (Lipinski definition) is 3. The van der Waals surface area contributed by atoms with Gasteiger partial charge in [0.1, 0.15) is 5.82 Å². The Morgan fingerprint density at radius 1 is 1.29 bits per heavy atom. The fourth-order valence-corrected chi connectivity index (χ4v) is 3.11. The third-order valence-electron chi connectivity index (χ3n) is 3.86. The first-order valence-corrected chi connectivity index (χ1v) is 8.91. The summed E-state index contributed by atoms with van der Waals surface area (Å²) < 4.78 is 14.0. The van der Waals surface area contributed by atoms with Crippen molar-refractivity contribution in [3.8, 4) is 0 Å². The van der Waals surface area contributed by atoms with Crippen molar-refractivity contribution < 1.29 is 4.39 Å². The van der Waals surface area contributed by atoms with Gasteiger partial charge in [-0.3, -0.25) is 4.99 Å². The summed E-state index contributed by atoms with van der Waals surface area (Å²) in [4.78, 5) is 8.67. The summed E-state index contributed by atoms with van der Waals surface area (Å²) in [5, 5.41) is 9.72. The summed E-state index contributed by atoms with van der Waals surface area (Å²) in [5.41, 5.74) is 1.45. The summed E-state index contributed by atoms with van der Waals surface area (Å²) in [5.74, 6) is 0.539. The summed E-state index contributed by atoms with van der Waals surface area (Å²) in [7, 11) is 1.73. The van der Waals surface area contributed by atoms with Crippen LogP contribution in [0.5, 0.6) is 0 Å². The third kappa shape index (κ3) is 5.03. The van der Waals surface area contributed by atoms with Crippen LogP contribution in [-0.2, 0) is 11.8 Å². The van der Waals surface area contributed by atoms with Gasteiger partial charge in [0.2, 0.25) is 0 Å². The Hall–Kier alpha value is -1.95. The van der Waals surface area contributed by atoms with Crippen LogP contribution in [0.2, 0.25) is 0 Å². The molecule has 4 nitrogen and oxygen atoms in total. The van der Waals surface area contributed by atoms with Gasteiger partial charge in [-0.2, -0.15) is 0 Å². The van der Waals surface area contributed by atoms with Crippen molar-refractivity contribution in [3.63, 3.8) is 0 Å². The van der Waals surface area contributed by atoms with E-state index in [0.29, 0.717) is 18.1 Å². The van der Waals surface area contributed by atoms with Crippen molar-refractivity contribution in [1.29, 1.82) is 0 Å². The van der Waals surface area contributed by atoms with E-state index in [1.807, 2.05) is 32.9 Å². The number of thiazole rings is 1. The first-order chi connectivity index (χ1) is 11.4. The normalized spacial score (nSPS) is 12.3. The predicted molar refractivity (Wildman–Crippen MR) is 99.3 cm³/mol. The van der Waals surface area contributed by atoms with Crippen LogP contribution in [0.3, 0.4) is 0 Å². The van der Waals surface area contributed by atoms with Crippen LogP contribution in [0.15, 0.2) is 34.6 Å². The average molecular weight is 348 g/mol. The first-order valence-electron chi connectivity index (χ1n) is 8.03. The molecule has 0 aliphatic heterocycles. The van der Waals surface area contributed by atoms with E-state index in [4.69, 9.17) is 0 Å². The molecule has 0 spiro atoms. The van der Waals surface area contributed by atoms with Crippen molar-refractivity contribution in [2.75, 3.05) is 20.1 Å². The zero-order valence-corrected chi connectivity index (χ0v) is 15.5. The van der Waals surface area contributed by atoms with Gasteiger partial charge in [0.25, 0.3) is 0 Å². The highest BCUT2D eigenvalue weighted by molar-refractivity contribution is 7.09. The minimum Gasteiger partial charge on any atom is -0.356 e. The van der Waals surface area contributed by atoms with Gasteiger partial charge in [0, 0.05) is 37.4 Å². The lowest BCUT2D eigenvalue weighted by atomic mass is 9.84.